The van der Waals surface area contributed by atoms with Crippen molar-refractivity contribution in [3.8, 4) is 11.3 Å². The quantitative estimate of drug-likeness (QED) is 0.388. The van der Waals surface area contributed by atoms with E-state index in [0.717, 1.165) is 48.8 Å². The van der Waals surface area contributed by atoms with Crippen LogP contribution in [0.5, 0.6) is 0 Å². The summed E-state index contributed by atoms with van der Waals surface area (Å²) in [5.74, 6) is 0. The lowest BCUT2D eigenvalue weighted by molar-refractivity contribution is -0.136. The summed E-state index contributed by atoms with van der Waals surface area (Å²) in [5.41, 5.74) is 8.47. The van der Waals surface area contributed by atoms with Crippen LogP contribution in [0, 0.1) is 0 Å². The largest absolute Gasteiger partial charge is 0.418 e. The molecule has 3 nitrogen and oxygen atoms in total. The lowest BCUT2D eigenvalue weighted by atomic mass is 9.99. The van der Waals surface area contributed by atoms with E-state index >= 15 is 0 Å². The standard InChI is InChI=1S/C23H27ClF3N3/c1-3-30(4-2)17-10-8-15(9-11-17)21-18(7-5-6-12-28)19-13-16(24)14-20(22(19)29-21)23(25,26)27/h8-11,13-14,29H,3-7,12,28H2,1-2H3. The fourth-order valence-electron chi connectivity index (χ4n) is 3.92. The van der Waals surface area contributed by atoms with Crippen molar-refractivity contribution in [1.29, 1.82) is 0 Å². The molecule has 0 aliphatic carbocycles. The van der Waals surface area contributed by atoms with Gasteiger partial charge in [0.1, 0.15) is 0 Å². The first-order valence-electron chi connectivity index (χ1n) is 10.3. The van der Waals surface area contributed by atoms with E-state index in [2.05, 4.69) is 23.7 Å². The topological polar surface area (TPSA) is 45.0 Å². The van der Waals surface area contributed by atoms with E-state index in [4.69, 9.17) is 17.3 Å². The number of nitrogens with one attached hydrogen (secondary N) is 1. The van der Waals surface area contributed by atoms with E-state index in [1.165, 1.54) is 0 Å². The van der Waals surface area contributed by atoms with Crippen LogP contribution in [0.25, 0.3) is 22.2 Å². The van der Waals surface area contributed by atoms with E-state index < -0.39 is 11.7 Å². The summed E-state index contributed by atoms with van der Waals surface area (Å²) in [4.78, 5) is 5.28. The van der Waals surface area contributed by atoms with Crippen LogP contribution in [0.4, 0.5) is 18.9 Å². The summed E-state index contributed by atoms with van der Waals surface area (Å²) in [6.45, 7) is 6.50. The molecule has 3 N–H and O–H groups in total. The maximum atomic E-state index is 13.7. The van der Waals surface area contributed by atoms with Gasteiger partial charge in [-0.3, -0.25) is 0 Å². The number of aromatic amines is 1. The Hall–Kier alpha value is -2.18. The molecule has 0 unspecified atom stereocenters. The van der Waals surface area contributed by atoms with Gasteiger partial charge in [0, 0.05) is 34.9 Å². The Labute approximate surface area is 180 Å². The number of aryl methyl sites for hydroxylation is 1. The third-order valence-electron chi connectivity index (χ3n) is 5.45. The Morgan fingerprint density at radius 3 is 2.27 bits per heavy atom. The molecule has 0 radical (unpaired) electrons. The molecule has 7 heteroatoms. The highest BCUT2D eigenvalue weighted by atomic mass is 35.5. The maximum absolute atomic E-state index is 13.7. The van der Waals surface area contributed by atoms with Crippen LogP contribution in [-0.4, -0.2) is 24.6 Å². The first-order valence-corrected chi connectivity index (χ1v) is 10.6. The Morgan fingerprint density at radius 2 is 1.70 bits per heavy atom. The van der Waals surface area contributed by atoms with Crippen LogP contribution in [-0.2, 0) is 12.6 Å². The van der Waals surface area contributed by atoms with Crippen molar-refractivity contribution in [2.24, 2.45) is 5.73 Å². The number of benzene rings is 2. The van der Waals surface area contributed by atoms with E-state index in [1.807, 2.05) is 24.3 Å². The summed E-state index contributed by atoms with van der Waals surface area (Å²) < 4.78 is 41.0. The minimum Gasteiger partial charge on any atom is -0.372 e. The number of aromatic nitrogens is 1. The van der Waals surface area contributed by atoms with E-state index in [-0.39, 0.29) is 10.5 Å². The number of alkyl halides is 3. The van der Waals surface area contributed by atoms with Gasteiger partial charge in [0.15, 0.2) is 0 Å². The van der Waals surface area contributed by atoms with Gasteiger partial charge in [0.25, 0.3) is 0 Å². The summed E-state index contributed by atoms with van der Waals surface area (Å²) in [7, 11) is 0. The van der Waals surface area contributed by atoms with E-state index in [0.29, 0.717) is 24.0 Å². The van der Waals surface area contributed by atoms with Gasteiger partial charge in [-0.2, -0.15) is 13.2 Å². The summed E-state index contributed by atoms with van der Waals surface area (Å²) >= 11 is 6.07. The molecular formula is C23H27ClF3N3. The predicted molar refractivity (Wildman–Crippen MR) is 119 cm³/mol. The van der Waals surface area contributed by atoms with Crippen molar-refractivity contribution in [3.05, 3.63) is 52.5 Å². The highest BCUT2D eigenvalue weighted by Gasteiger charge is 2.34. The van der Waals surface area contributed by atoms with Crippen molar-refractivity contribution in [3.63, 3.8) is 0 Å². The second-order valence-corrected chi connectivity index (χ2v) is 7.75. The average Bonchev–Trinajstić information content (AvgIpc) is 3.06. The number of H-pyrrole nitrogens is 1. The van der Waals surface area contributed by atoms with Crippen LogP contribution in [0.2, 0.25) is 5.02 Å². The fraction of sp³-hybridized carbons (Fsp3) is 0.391. The zero-order valence-electron chi connectivity index (χ0n) is 17.2. The number of hydrogen-bond acceptors (Lipinski definition) is 2. The number of rotatable bonds is 8. The van der Waals surface area contributed by atoms with Gasteiger partial charge >= 0.3 is 6.18 Å². The van der Waals surface area contributed by atoms with E-state index in [9.17, 15) is 13.2 Å². The van der Waals surface area contributed by atoms with Gasteiger partial charge < -0.3 is 15.6 Å². The summed E-state index contributed by atoms with van der Waals surface area (Å²) in [5, 5.41) is 0.604. The molecule has 0 fully saturated rings. The molecule has 0 bridgehead atoms. The summed E-state index contributed by atoms with van der Waals surface area (Å²) in [6, 6.07) is 10.5. The first-order chi connectivity index (χ1) is 14.3. The number of hydrogen-bond donors (Lipinski definition) is 2. The molecule has 1 aromatic heterocycles. The van der Waals surface area contributed by atoms with Crippen LogP contribution >= 0.6 is 11.6 Å². The smallest absolute Gasteiger partial charge is 0.372 e. The Morgan fingerprint density at radius 1 is 1.03 bits per heavy atom. The zero-order valence-corrected chi connectivity index (χ0v) is 18.0. The molecule has 0 atom stereocenters. The Balaban J connectivity index is 2.16. The normalized spacial score (nSPS) is 12.0. The van der Waals surface area contributed by atoms with Crippen molar-refractivity contribution < 1.29 is 13.2 Å². The lowest BCUT2D eigenvalue weighted by Crippen LogP contribution is -2.21. The average molecular weight is 438 g/mol. The van der Waals surface area contributed by atoms with Crippen LogP contribution in [0.15, 0.2) is 36.4 Å². The molecule has 0 saturated carbocycles. The number of fused-ring (bicyclic) bond motifs is 1. The van der Waals surface area contributed by atoms with Gasteiger partial charge in [-0.05, 0) is 75.0 Å². The monoisotopic (exact) mass is 437 g/mol. The molecule has 0 aliphatic rings. The van der Waals surface area contributed by atoms with Gasteiger partial charge in [-0.1, -0.05) is 23.7 Å². The molecule has 0 amide bonds. The van der Waals surface area contributed by atoms with Crippen molar-refractivity contribution in [2.75, 3.05) is 24.5 Å². The molecule has 0 saturated heterocycles. The van der Waals surface area contributed by atoms with Crippen LogP contribution < -0.4 is 10.6 Å². The number of anilines is 1. The number of nitrogens with two attached hydrogens (primary N) is 1. The lowest BCUT2D eigenvalue weighted by Gasteiger charge is -2.21. The van der Waals surface area contributed by atoms with Gasteiger partial charge in [0.05, 0.1) is 11.1 Å². The van der Waals surface area contributed by atoms with E-state index in [1.54, 1.807) is 6.07 Å². The first kappa shape index (κ1) is 22.5. The van der Waals surface area contributed by atoms with Gasteiger partial charge in [-0.15, -0.1) is 0 Å². The molecule has 1 heterocycles. The minimum absolute atomic E-state index is 0.0809. The van der Waals surface area contributed by atoms with Crippen molar-refractivity contribution in [1.82, 2.24) is 4.98 Å². The highest BCUT2D eigenvalue weighted by molar-refractivity contribution is 6.31. The molecule has 30 heavy (non-hydrogen) atoms. The minimum atomic E-state index is -4.49. The molecule has 3 rings (SSSR count). The molecule has 162 valence electrons. The zero-order chi connectivity index (χ0) is 21.9. The second kappa shape index (κ2) is 9.31. The highest BCUT2D eigenvalue weighted by Crippen LogP contribution is 2.41. The fourth-order valence-corrected chi connectivity index (χ4v) is 4.14. The molecule has 3 aromatic rings. The number of halogens is 4. The van der Waals surface area contributed by atoms with Crippen molar-refractivity contribution >= 4 is 28.2 Å². The number of unbranched alkanes of at least 4 members (excludes halogenated alkanes) is 1. The molecule has 2 aromatic carbocycles. The third-order valence-corrected chi connectivity index (χ3v) is 5.67. The Bertz CT molecular complexity index is 990. The molecule has 0 spiro atoms. The predicted octanol–water partition coefficient (Wildman–Crippen LogP) is 6.63. The van der Waals surface area contributed by atoms with Crippen molar-refractivity contribution in [2.45, 2.75) is 39.3 Å². The maximum Gasteiger partial charge on any atom is 0.418 e. The van der Waals surface area contributed by atoms with Crippen LogP contribution in [0.1, 0.15) is 37.8 Å². The van der Waals surface area contributed by atoms with Crippen LogP contribution in [0.3, 0.4) is 0 Å². The molecular weight excluding hydrogens is 411 g/mol. The number of nitrogens with zero attached hydrogens (tertiary/aromatic N) is 1. The SMILES string of the molecule is CCN(CC)c1ccc(-c2[nH]c3c(C(F)(F)F)cc(Cl)cc3c2CCCCN)cc1. The molecule has 0 aliphatic heterocycles. The third kappa shape index (κ3) is 4.60. The Kier molecular flexibility index (Phi) is 6.98. The van der Waals surface area contributed by atoms with Gasteiger partial charge in [0.2, 0.25) is 0 Å². The second-order valence-electron chi connectivity index (χ2n) is 7.32. The summed E-state index contributed by atoms with van der Waals surface area (Å²) in [6.07, 6.45) is -2.27. The van der Waals surface area contributed by atoms with Gasteiger partial charge in [-0.25, -0.2) is 0 Å².